The molecule has 0 aliphatic heterocycles. The molecule has 0 unspecified atom stereocenters. The van der Waals surface area contributed by atoms with Gasteiger partial charge in [0.1, 0.15) is 0 Å². The van der Waals surface area contributed by atoms with E-state index in [9.17, 15) is 9.18 Å². The largest absolute Gasteiger partial charge is 0.351 e. The summed E-state index contributed by atoms with van der Waals surface area (Å²) in [6, 6.07) is 1.39. The van der Waals surface area contributed by atoms with Crippen LogP contribution >= 0.6 is 15.9 Å². The molecule has 5 heteroatoms. The summed E-state index contributed by atoms with van der Waals surface area (Å²) in [6.45, 7) is 4.71. The third kappa shape index (κ3) is 3.51. The third-order valence-electron chi connectivity index (χ3n) is 3.42. The minimum absolute atomic E-state index is 0.0270. The summed E-state index contributed by atoms with van der Waals surface area (Å²) in [7, 11) is 0. The van der Waals surface area contributed by atoms with Gasteiger partial charge in [-0.3, -0.25) is 9.78 Å². The fourth-order valence-corrected chi connectivity index (χ4v) is 2.65. The van der Waals surface area contributed by atoms with Crippen molar-refractivity contribution < 1.29 is 9.18 Å². The smallest absolute Gasteiger partial charge is 0.254 e. The summed E-state index contributed by atoms with van der Waals surface area (Å²) in [5, 5.41) is 3.61. The molecule has 0 aliphatic rings. The van der Waals surface area contributed by atoms with Gasteiger partial charge in [0.05, 0.1) is 11.8 Å². The number of carbonyl (C=O) groups is 1. The topological polar surface area (TPSA) is 42.0 Å². The second-order valence-electron chi connectivity index (χ2n) is 4.38. The van der Waals surface area contributed by atoms with Crippen molar-refractivity contribution in [2.75, 3.05) is 11.9 Å². The quantitative estimate of drug-likeness (QED) is 0.819. The van der Waals surface area contributed by atoms with Crippen molar-refractivity contribution >= 4 is 21.8 Å². The van der Waals surface area contributed by atoms with Gasteiger partial charge in [-0.1, -0.05) is 29.8 Å². The van der Waals surface area contributed by atoms with Crippen LogP contribution in [0.5, 0.6) is 0 Å². The molecule has 1 aromatic heterocycles. The highest BCUT2D eigenvalue weighted by Gasteiger charge is 2.25. The van der Waals surface area contributed by atoms with Gasteiger partial charge in [-0.05, 0) is 24.3 Å². The van der Waals surface area contributed by atoms with E-state index in [1.54, 1.807) is 0 Å². The molecule has 1 heterocycles. The van der Waals surface area contributed by atoms with Gasteiger partial charge < -0.3 is 5.32 Å². The minimum Gasteiger partial charge on any atom is -0.351 e. The Bertz CT molecular complexity index is 399. The van der Waals surface area contributed by atoms with Gasteiger partial charge >= 0.3 is 0 Å². The molecule has 18 heavy (non-hydrogen) atoms. The molecule has 0 fully saturated rings. The van der Waals surface area contributed by atoms with E-state index >= 15 is 0 Å². The number of carbonyl (C=O) groups excluding carboxylic acids is 1. The Labute approximate surface area is 115 Å². The first-order chi connectivity index (χ1) is 8.58. The normalized spacial score (nSPS) is 11.3. The molecule has 1 N–H and O–H groups in total. The number of alkyl halides is 1. The number of pyridine rings is 1. The molecule has 0 bridgehead atoms. The molecule has 3 nitrogen and oxygen atoms in total. The van der Waals surface area contributed by atoms with Crippen molar-refractivity contribution in [2.24, 2.45) is 5.41 Å². The zero-order chi connectivity index (χ0) is 13.6. The average Bonchev–Trinajstić information content (AvgIpc) is 2.41. The van der Waals surface area contributed by atoms with Crippen LogP contribution in [0.25, 0.3) is 0 Å². The predicted molar refractivity (Wildman–Crippen MR) is 73.3 cm³/mol. The van der Waals surface area contributed by atoms with Gasteiger partial charge in [0.25, 0.3) is 5.91 Å². The summed E-state index contributed by atoms with van der Waals surface area (Å²) < 4.78 is 13.4. The second kappa shape index (κ2) is 6.83. The van der Waals surface area contributed by atoms with Crippen LogP contribution in [0.1, 0.15) is 37.0 Å². The Hall–Kier alpha value is -0.970. The number of rotatable bonds is 6. The lowest BCUT2D eigenvalue weighted by molar-refractivity contribution is 0.0928. The molecular formula is C13H18BrFN2O. The van der Waals surface area contributed by atoms with E-state index in [2.05, 4.69) is 40.1 Å². The number of hydrogen-bond acceptors (Lipinski definition) is 2. The number of hydrogen-bond donors (Lipinski definition) is 1. The lowest BCUT2D eigenvalue weighted by Gasteiger charge is -2.29. The number of nitrogens with zero attached hydrogens (tertiary/aromatic N) is 1. The van der Waals surface area contributed by atoms with Crippen LogP contribution in [0, 0.1) is 11.2 Å². The van der Waals surface area contributed by atoms with Crippen molar-refractivity contribution in [1.29, 1.82) is 0 Å². The van der Waals surface area contributed by atoms with E-state index in [0.717, 1.165) is 24.4 Å². The zero-order valence-corrected chi connectivity index (χ0v) is 12.3. The van der Waals surface area contributed by atoms with Crippen LogP contribution in [0.2, 0.25) is 0 Å². The minimum atomic E-state index is -0.590. The van der Waals surface area contributed by atoms with Crippen molar-refractivity contribution in [3.05, 3.63) is 29.8 Å². The molecule has 1 amide bonds. The van der Waals surface area contributed by atoms with Gasteiger partial charge in [-0.25, -0.2) is 4.39 Å². The lowest BCUT2D eigenvalue weighted by atomic mass is 9.84. The summed E-state index contributed by atoms with van der Waals surface area (Å²) >= 11 is 3.48. The number of halogens is 2. The maximum absolute atomic E-state index is 13.4. The highest BCUT2D eigenvalue weighted by atomic mass is 79.9. The molecule has 0 atom stereocenters. The first-order valence-corrected chi connectivity index (χ1v) is 7.14. The summed E-state index contributed by atoms with van der Waals surface area (Å²) in [5.74, 6) is -0.977. The van der Waals surface area contributed by atoms with Crippen LogP contribution in [0.3, 0.4) is 0 Å². The Kier molecular flexibility index (Phi) is 5.72. The van der Waals surface area contributed by atoms with Crippen LogP contribution < -0.4 is 5.32 Å². The maximum Gasteiger partial charge on any atom is 0.254 e. The third-order valence-corrected chi connectivity index (χ3v) is 4.61. The van der Waals surface area contributed by atoms with Gasteiger partial charge in [-0.15, -0.1) is 0 Å². The molecular weight excluding hydrogens is 299 g/mol. The number of amides is 1. The molecule has 0 saturated carbocycles. The van der Waals surface area contributed by atoms with Crippen LogP contribution in [0.15, 0.2) is 18.5 Å². The fraction of sp³-hybridized carbons (Fsp3) is 0.538. The number of aromatic nitrogens is 1. The molecule has 0 aliphatic carbocycles. The van der Waals surface area contributed by atoms with E-state index in [0.29, 0.717) is 6.54 Å². The van der Waals surface area contributed by atoms with E-state index in [1.165, 1.54) is 12.3 Å². The van der Waals surface area contributed by atoms with E-state index in [4.69, 9.17) is 0 Å². The summed E-state index contributed by atoms with van der Waals surface area (Å²) in [4.78, 5) is 15.5. The Balaban J connectivity index is 2.69. The highest BCUT2D eigenvalue weighted by Crippen LogP contribution is 2.27. The van der Waals surface area contributed by atoms with Crippen molar-refractivity contribution in [3.8, 4) is 0 Å². The van der Waals surface area contributed by atoms with E-state index < -0.39 is 5.82 Å². The SMILES string of the molecule is CCC(CC)(CBr)CNC(=O)c1ccncc1F. The van der Waals surface area contributed by atoms with Gasteiger partial charge in [0, 0.05) is 18.1 Å². The standard InChI is InChI=1S/C13H18BrFN2O/c1-3-13(4-2,8-14)9-17-12(18)10-5-6-16-7-11(10)15/h5-7H,3-4,8-9H2,1-2H3,(H,17,18). The molecule has 0 aromatic carbocycles. The van der Waals surface area contributed by atoms with Crippen molar-refractivity contribution in [2.45, 2.75) is 26.7 Å². The van der Waals surface area contributed by atoms with E-state index in [-0.39, 0.29) is 16.9 Å². The van der Waals surface area contributed by atoms with E-state index in [1.807, 2.05) is 0 Å². The Morgan fingerprint density at radius 2 is 2.17 bits per heavy atom. The predicted octanol–water partition coefficient (Wildman–Crippen LogP) is 3.15. The van der Waals surface area contributed by atoms with Gasteiger partial charge in [0.2, 0.25) is 0 Å². The molecule has 0 spiro atoms. The number of nitrogens with one attached hydrogen (secondary N) is 1. The van der Waals surface area contributed by atoms with Gasteiger partial charge in [0.15, 0.2) is 5.82 Å². The summed E-state index contributed by atoms with van der Waals surface area (Å²) in [6.07, 6.45) is 4.36. The Morgan fingerprint density at radius 3 is 2.67 bits per heavy atom. The Morgan fingerprint density at radius 1 is 1.50 bits per heavy atom. The second-order valence-corrected chi connectivity index (χ2v) is 4.94. The molecule has 100 valence electrons. The fourth-order valence-electron chi connectivity index (χ4n) is 1.66. The van der Waals surface area contributed by atoms with Crippen LogP contribution in [-0.4, -0.2) is 22.8 Å². The summed E-state index contributed by atoms with van der Waals surface area (Å²) in [5.41, 5.74) is 0.0692. The highest BCUT2D eigenvalue weighted by molar-refractivity contribution is 9.09. The van der Waals surface area contributed by atoms with Crippen molar-refractivity contribution in [1.82, 2.24) is 10.3 Å². The van der Waals surface area contributed by atoms with Crippen LogP contribution in [-0.2, 0) is 0 Å². The van der Waals surface area contributed by atoms with Crippen molar-refractivity contribution in [3.63, 3.8) is 0 Å². The maximum atomic E-state index is 13.4. The van der Waals surface area contributed by atoms with Gasteiger partial charge in [-0.2, -0.15) is 0 Å². The zero-order valence-electron chi connectivity index (χ0n) is 10.7. The molecule has 0 saturated heterocycles. The first kappa shape index (κ1) is 15.1. The molecule has 0 radical (unpaired) electrons. The first-order valence-electron chi connectivity index (χ1n) is 6.02. The van der Waals surface area contributed by atoms with Crippen LogP contribution in [0.4, 0.5) is 4.39 Å². The molecule has 1 aromatic rings. The lowest BCUT2D eigenvalue weighted by Crippen LogP contribution is -2.38. The molecule has 1 rings (SSSR count). The average molecular weight is 317 g/mol. The monoisotopic (exact) mass is 316 g/mol.